The van der Waals surface area contributed by atoms with E-state index >= 15 is 0 Å². The molecular weight excluding hydrogens is 244 g/mol. The summed E-state index contributed by atoms with van der Waals surface area (Å²) < 4.78 is 6.39. The zero-order valence-corrected chi connectivity index (χ0v) is 9.46. The summed E-state index contributed by atoms with van der Waals surface area (Å²) in [4.78, 5) is 4.03. The largest absolute Gasteiger partial charge is 0.379 e. The van der Waals surface area contributed by atoms with Crippen LogP contribution >= 0.6 is 15.9 Å². The lowest BCUT2D eigenvalue weighted by Crippen LogP contribution is -2.44. The molecule has 1 saturated heterocycles. The Kier molecular flexibility index (Phi) is 2.85. The van der Waals surface area contributed by atoms with E-state index in [0.717, 1.165) is 29.5 Å². The van der Waals surface area contributed by atoms with E-state index in [1.807, 2.05) is 6.07 Å². The molecular formula is C10H13BrN2O. The molecule has 2 rings (SSSR count). The molecule has 4 heteroatoms. The zero-order chi connectivity index (χ0) is 10.0. The molecule has 1 unspecified atom stereocenters. The molecule has 1 aromatic rings. The van der Waals surface area contributed by atoms with Crippen molar-refractivity contribution in [2.75, 3.05) is 13.2 Å². The highest BCUT2D eigenvalue weighted by Gasteiger charge is 2.31. The molecule has 0 bridgehead atoms. The van der Waals surface area contributed by atoms with Crippen molar-refractivity contribution in [1.29, 1.82) is 0 Å². The van der Waals surface area contributed by atoms with Gasteiger partial charge in [0.15, 0.2) is 0 Å². The van der Waals surface area contributed by atoms with Gasteiger partial charge in [0, 0.05) is 23.5 Å². The highest BCUT2D eigenvalue weighted by molar-refractivity contribution is 9.10. The summed E-state index contributed by atoms with van der Waals surface area (Å²) in [5.74, 6) is 0. The van der Waals surface area contributed by atoms with E-state index in [1.54, 1.807) is 12.4 Å². The minimum Gasteiger partial charge on any atom is -0.379 e. The lowest BCUT2D eigenvalue weighted by Gasteiger charge is -2.34. The number of pyridine rings is 1. The van der Waals surface area contributed by atoms with E-state index in [1.165, 1.54) is 0 Å². The molecule has 1 aliphatic heterocycles. The predicted molar refractivity (Wildman–Crippen MR) is 57.9 cm³/mol. The SMILES string of the molecule is NC1(c2ccncc2Br)CCCOC1. The highest BCUT2D eigenvalue weighted by atomic mass is 79.9. The minimum atomic E-state index is -0.347. The third kappa shape index (κ3) is 1.82. The second-order valence-electron chi connectivity index (χ2n) is 3.67. The van der Waals surface area contributed by atoms with E-state index in [2.05, 4.69) is 20.9 Å². The first kappa shape index (κ1) is 10.1. The normalized spacial score (nSPS) is 27.6. The molecule has 0 saturated carbocycles. The monoisotopic (exact) mass is 256 g/mol. The Labute approximate surface area is 91.8 Å². The van der Waals surface area contributed by atoms with Crippen LogP contribution in [0.5, 0.6) is 0 Å². The van der Waals surface area contributed by atoms with Crippen LogP contribution in [0.3, 0.4) is 0 Å². The van der Waals surface area contributed by atoms with Gasteiger partial charge in [0.05, 0.1) is 12.1 Å². The average molecular weight is 257 g/mol. The van der Waals surface area contributed by atoms with Crippen molar-refractivity contribution in [2.24, 2.45) is 5.73 Å². The van der Waals surface area contributed by atoms with E-state index in [0.29, 0.717) is 6.61 Å². The number of rotatable bonds is 1. The van der Waals surface area contributed by atoms with Gasteiger partial charge in [-0.25, -0.2) is 0 Å². The Morgan fingerprint density at radius 1 is 1.57 bits per heavy atom. The van der Waals surface area contributed by atoms with Gasteiger partial charge in [0.1, 0.15) is 0 Å². The molecule has 14 heavy (non-hydrogen) atoms. The fourth-order valence-corrected chi connectivity index (χ4v) is 2.45. The Morgan fingerprint density at radius 3 is 3.07 bits per heavy atom. The molecule has 2 N–H and O–H groups in total. The maximum absolute atomic E-state index is 6.30. The number of halogens is 1. The summed E-state index contributed by atoms with van der Waals surface area (Å²) in [6, 6.07) is 1.96. The Morgan fingerprint density at radius 2 is 2.43 bits per heavy atom. The summed E-state index contributed by atoms with van der Waals surface area (Å²) in [5.41, 5.74) is 7.04. The number of aromatic nitrogens is 1. The Hall–Kier alpha value is -0.450. The van der Waals surface area contributed by atoms with Crippen molar-refractivity contribution in [1.82, 2.24) is 4.98 Å². The minimum absolute atomic E-state index is 0.347. The second-order valence-corrected chi connectivity index (χ2v) is 4.52. The average Bonchev–Trinajstić information content (AvgIpc) is 2.19. The zero-order valence-electron chi connectivity index (χ0n) is 7.87. The number of nitrogens with two attached hydrogens (primary N) is 1. The van der Waals surface area contributed by atoms with Crippen LogP contribution in [0.15, 0.2) is 22.9 Å². The number of ether oxygens (including phenoxy) is 1. The smallest absolute Gasteiger partial charge is 0.0688 e. The molecule has 0 amide bonds. The van der Waals surface area contributed by atoms with Crippen molar-refractivity contribution >= 4 is 15.9 Å². The van der Waals surface area contributed by atoms with Crippen LogP contribution < -0.4 is 5.73 Å². The van der Waals surface area contributed by atoms with Gasteiger partial charge in [-0.1, -0.05) is 0 Å². The van der Waals surface area contributed by atoms with Crippen molar-refractivity contribution in [3.05, 3.63) is 28.5 Å². The van der Waals surface area contributed by atoms with Crippen molar-refractivity contribution in [3.63, 3.8) is 0 Å². The number of nitrogens with zero attached hydrogens (tertiary/aromatic N) is 1. The van der Waals surface area contributed by atoms with Gasteiger partial charge in [-0.15, -0.1) is 0 Å². The fraction of sp³-hybridized carbons (Fsp3) is 0.500. The van der Waals surface area contributed by atoms with Gasteiger partial charge in [-0.3, -0.25) is 4.98 Å². The lowest BCUT2D eigenvalue weighted by molar-refractivity contribution is 0.0363. The first-order valence-corrected chi connectivity index (χ1v) is 5.48. The Bertz CT molecular complexity index is 324. The van der Waals surface area contributed by atoms with E-state index < -0.39 is 0 Å². The molecule has 0 aliphatic carbocycles. The van der Waals surface area contributed by atoms with E-state index in [-0.39, 0.29) is 5.54 Å². The first-order valence-electron chi connectivity index (χ1n) is 4.69. The molecule has 3 nitrogen and oxygen atoms in total. The van der Waals surface area contributed by atoms with Gasteiger partial charge < -0.3 is 10.5 Å². The second kappa shape index (κ2) is 3.96. The van der Waals surface area contributed by atoms with Gasteiger partial charge in [0.25, 0.3) is 0 Å². The standard InChI is InChI=1S/C10H13BrN2O/c11-9-6-13-4-2-8(9)10(12)3-1-5-14-7-10/h2,4,6H,1,3,5,7,12H2. The van der Waals surface area contributed by atoms with Crippen molar-refractivity contribution in [2.45, 2.75) is 18.4 Å². The molecule has 76 valence electrons. The molecule has 0 radical (unpaired) electrons. The molecule has 1 aromatic heterocycles. The van der Waals surface area contributed by atoms with Crippen LogP contribution in [-0.4, -0.2) is 18.2 Å². The maximum atomic E-state index is 6.30. The van der Waals surface area contributed by atoms with Crippen LogP contribution in [0.1, 0.15) is 18.4 Å². The third-order valence-corrected chi connectivity index (χ3v) is 3.21. The number of hydrogen-bond donors (Lipinski definition) is 1. The third-order valence-electron chi connectivity index (χ3n) is 2.58. The topological polar surface area (TPSA) is 48.1 Å². The summed E-state index contributed by atoms with van der Waals surface area (Å²) in [5, 5.41) is 0. The van der Waals surface area contributed by atoms with Crippen LogP contribution in [0, 0.1) is 0 Å². The van der Waals surface area contributed by atoms with Crippen molar-refractivity contribution in [3.8, 4) is 0 Å². The summed E-state index contributed by atoms with van der Waals surface area (Å²) in [6.07, 6.45) is 5.53. The van der Waals surface area contributed by atoms with Crippen LogP contribution in [0.4, 0.5) is 0 Å². The van der Waals surface area contributed by atoms with Crippen molar-refractivity contribution < 1.29 is 4.74 Å². The Balaban J connectivity index is 2.32. The molecule has 2 heterocycles. The summed E-state index contributed by atoms with van der Waals surface area (Å²) in [6.45, 7) is 1.41. The molecule has 1 atom stereocenters. The van der Waals surface area contributed by atoms with Crippen LogP contribution in [-0.2, 0) is 10.3 Å². The highest BCUT2D eigenvalue weighted by Crippen LogP contribution is 2.31. The summed E-state index contributed by atoms with van der Waals surface area (Å²) in [7, 11) is 0. The molecule has 0 aromatic carbocycles. The molecule has 0 spiro atoms. The van der Waals surface area contributed by atoms with Gasteiger partial charge in [-0.05, 0) is 40.4 Å². The lowest BCUT2D eigenvalue weighted by atomic mass is 9.86. The van der Waals surface area contributed by atoms with Gasteiger partial charge in [-0.2, -0.15) is 0 Å². The first-order chi connectivity index (χ1) is 6.72. The quantitative estimate of drug-likeness (QED) is 0.834. The predicted octanol–water partition coefficient (Wildman–Crippen LogP) is 1.81. The van der Waals surface area contributed by atoms with E-state index in [9.17, 15) is 0 Å². The molecule has 1 fully saturated rings. The van der Waals surface area contributed by atoms with E-state index in [4.69, 9.17) is 10.5 Å². The maximum Gasteiger partial charge on any atom is 0.0688 e. The summed E-state index contributed by atoms with van der Waals surface area (Å²) >= 11 is 3.47. The van der Waals surface area contributed by atoms with Gasteiger partial charge in [0.2, 0.25) is 0 Å². The molecule has 1 aliphatic rings. The van der Waals surface area contributed by atoms with Gasteiger partial charge >= 0.3 is 0 Å². The van der Waals surface area contributed by atoms with Crippen LogP contribution in [0.2, 0.25) is 0 Å². The number of hydrogen-bond acceptors (Lipinski definition) is 3. The fourth-order valence-electron chi connectivity index (χ4n) is 1.81. The van der Waals surface area contributed by atoms with Crippen LogP contribution in [0.25, 0.3) is 0 Å².